The quantitative estimate of drug-likeness (QED) is 0.844. The molecule has 0 saturated heterocycles. The van der Waals surface area contributed by atoms with Gasteiger partial charge in [0.1, 0.15) is 10.00 Å². The third-order valence-electron chi connectivity index (χ3n) is 2.67. The van der Waals surface area contributed by atoms with E-state index >= 15 is 0 Å². The molecule has 3 nitrogen and oxygen atoms in total. The summed E-state index contributed by atoms with van der Waals surface area (Å²) in [4.78, 5) is 4.62. The molecule has 2 rings (SSSR count). The Morgan fingerprint density at radius 2 is 2.21 bits per heavy atom. The Hall–Kier alpha value is -1.17. The van der Waals surface area contributed by atoms with E-state index in [4.69, 9.17) is 29.6 Å². The summed E-state index contributed by atoms with van der Waals surface area (Å²) in [6, 6.07) is 5.55. The van der Waals surface area contributed by atoms with Gasteiger partial charge in [0.15, 0.2) is 0 Å². The lowest BCUT2D eigenvalue weighted by Crippen LogP contribution is -2.29. The Morgan fingerprint density at radius 1 is 1.47 bits per heavy atom. The van der Waals surface area contributed by atoms with Crippen LogP contribution in [0.5, 0.6) is 0 Å². The van der Waals surface area contributed by atoms with E-state index < -0.39 is 0 Å². The van der Waals surface area contributed by atoms with Crippen molar-refractivity contribution in [2.24, 2.45) is 5.73 Å². The summed E-state index contributed by atoms with van der Waals surface area (Å²) < 4.78 is 0. The van der Waals surface area contributed by atoms with Crippen LogP contribution in [0, 0.1) is 0 Å². The molecule has 0 fully saturated rings. The molecule has 3 N–H and O–H groups in total. The first-order valence-corrected chi connectivity index (χ1v) is 7.35. The molecule has 0 aliphatic carbocycles. The summed E-state index contributed by atoms with van der Waals surface area (Å²) in [5.41, 5.74) is 6.92. The van der Waals surface area contributed by atoms with E-state index in [1.807, 2.05) is 17.5 Å². The summed E-state index contributed by atoms with van der Waals surface area (Å²) in [5, 5.41) is 6.89. The highest BCUT2D eigenvalue weighted by atomic mass is 35.5. The fourth-order valence-corrected chi connectivity index (χ4v) is 3.07. The molecule has 19 heavy (non-hydrogen) atoms. The van der Waals surface area contributed by atoms with Crippen LogP contribution >= 0.6 is 35.2 Å². The molecule has 0 atom stereocenters. The molecule has 0 amide bonds. The minimum absolute atomic E-state index is 0.281. The predicted molar refractivity (Wildman–Crippen MR) is 86.1 cm³/mol. The Bertz CT molecular complexity index is 594. The zero-order valence-corrected chi connectivity index (χ0v) is 13.0. The van der Waals surface area contributed by atoms with Gasteiger partial charge in [-0.05, 0) is 26.0 Å². The maximum atomic E-state index is 6.16. The third kappa shape index (κ3) is 3.05. The standard InChI is InChI=1S/C13H14ClN3S2/c1-13(2,12-16-6-7-19-12)17-9-5-3-4-8(14)10(9)11(15)18/h3-7,17H,1-2H3,(H2,15,18). The highest BCUT2D eigenvalue weighted by Gasteiger charge is 2.24. The number of nitrogens with zero attached hydrogens (tertiary/aromatic N) is 1. The van der Waals surface area contributed by atoms with Crippen LogP contribution in [0.1, 0.15) is 24.4 Å². The normalized spacial score (nSPS) is 11.3. The van der Waals surface area contributed by atoms with E-state index in [0.717, 1.165) is 10.7 Å². The molecule has 1 aromatic heterocycles. The van der Waals surface area contributed by atoms with Crippen molar-refractivity contribution in [3.63, 3.8) is 0 Å². The molecule has 0 saturated carbocycles. The van der Waals surface area contributed by atoms with Crippen molar-refractivity contribution in [3.05, 3.63) is 45.4 Å². The van der Waals surface area contributed by atoms with Crippen molar-refractivity contribution in [3.8, 4) is 0 Å². The van der Waals surface area contributed by atoms with Crippen LogP contribution in [0.4, 0.5) is 5.69 Å². The lowest BCUT2D eigenvalue weighted by molar-refractivity contribution is 0.604. The summed E-state index contributed by atoms with van der Waals surface area (Å²) in [6.07, 6.45) is 1.79. The van der Waals surface area contributed by atoms with Gasteiger partial charge in [0.2, 0.25) is 0 Å². The fraction of sp³-hybridized carbons (Fsp3) is 0.231. The van der Waals surface area contributed by atoms with E-state index in [2.05, 4.69) is 24.1 Å². The van der Waals surface area contributed by atoms with Crippen LogP contribution in [0.25, 0.3) is 0 Å². The summed E-state index contributed by atoms with van der Waals surface area (Å²) >= 11 is 12.8. The molecule has 1 heterocycles. The van der Waals surface area contributed by atoms with Crippen molar-refractivity contribution < 1.29 is 0 Å². The van der Waals surface area contributed by atoms with Gasteiger partial charge in [-0.15, -0.1) is 11.3 Å². The Balaban J connectivity index is 2.39. The largest absolute Gasteiger partial charge is 0.389 e. The molecular weight excluding hydrogens is 298 g/mol. The van der Waals surface area contributed by atoms with Crippen LogP contribution in [0.15, 0.2) is 29.8 Å². The number of benzene rings is 1. The second-order valence-corrected chi connectivity index (χ2v) is 6.36. The van der Waals surface area contributed by atoms with Gasteiger partial charge in [0, 0.05) is 17.3 Å². The second-order valence-electron chi connectivity index (χ2n) is 4.61. The van der Waals surface area contributed by atoms with Crippen molar-refractivity contribution in [2.75, 3.05) is 5.32 Å². The number of anilines is 1. The minimum Gasteiger partial charge on any atom is -0.389 e. The molecule has 0 aliphatic rings. The number of hydrogen-bond acceptors (Lipinski definition) is 4. The number of nitrogens with one attached hydrogen (secondary N) is 1. The summed E-state index contributed by atoms with van der Waals surface area (Å²) in [5.74, 6) is 0. The van der Waals surface area contributed by atoms with E-state index in [0.29, 0.717) is 10.6 Å². The van der Waals surface area contributed by atoms with E-state index in [9.17, 15) is 0 Å². The van der Waals surface area contributed by atoms with Gasteiger partial charge >= 0.3 is 0 Å². The number of nitrogens with two attached hydrogens (primary N) is 1. The fourth-order valence-electron chi connectivity index (χ4n) is 1.80. The zero-order chi connectivity index (χ0) is 14.0. The van der Waals surface area contributed by atoms with Gasteiger partial charge in [0.25, 0.3) is 0 Å². The molecule has 100 valence electrons. The Labute approximate surface area is 126 Å². The molecule has 0 aliphatic heterocycles. The molecule has 0 unspecified atom stereocenters. The van der Waals surface area contributed by atoms with Crippen LogP contribution < -0.4 is 11.1 Å². The molecular formula is C13H14ClN3S2. The Kier molecular flexibility index (Phi) is 4.08. The number of rotatable bonds is 4. The van der Waals surface area contributed by atoms with Gasteiger partial charge in [-0.3, -0.25) is 0 Å². The topological polar surface area (TPSA) is 50.9 Å². The molecule has 0 radical (unpaired) electrons. The number of hydrogen-bond donors (Lipinski definition) is 2. The molecule has 2 aromatic rings. The smallest absolute Gasteiger partial charge is 0.117 e. The zero-order valence-electron chi connectivity index (χ0n) is 10.6. The lowest BCUT2D eigenvalue weighted by Gasteiger charge is -2.26. The van der Waals surface area contributed by atoms with Gasteiger partial charge in [-0.2, -0.15) is 0 Å². The average Bonchev–Trinajstić information content (AvgIpc) is 2.81. The van der Waals surface area contributed by atoms with Crippen LogP contribution in [0.2, 0.25) is 5.02 Å². The maximum absolute atomic E-state index is 6.16. The van der Waals surface area contributed by atoms with Crippen LogP contribution in [0.3, 0.4) is 0 Å². The first-order chi connectivity index (χ1) is 8.92. The maximum Gasteiger partial charge on any atom is 0.117 e. The molecule has 0 bridgehead atoms. The van der Waals surface area contributed by atoms with Gasteiger partial charge in [-0.1, -0.05) is 29.9 Å². The highest BCUT2D eigenvalue weighted by molar-refractivity contribution is 7.80. The van der Waals surface area contributed by atoms with E-state index in [1.165, 1.54) is 0 Å². The Morgan fingerprint density at radius 3 is 2.79 bits per heavy atom. The minimum atomic E-state index is -0.321. The number of halogens is 1. The highest BCUT2D eigenvalue weighted by Crippen LogP contribution is 2.31. The average molecular weight is 312 g/mol. The van der Waals surface area contributed by atoms with Crippen LogP contribution in [-0.4, -0.2) is 9.97 Å². The number of thiazole rings is 1. The SMILES string of the molecule is CC(C)(Nc1cccc(Cl)c1C(N)=S)c1nccs1. The van der Waals surface area contributed by atoms with Crippen molar-refractivity contribution >= 4 is 45.8 Å². The van der Waals surface area contributed by atoms with Crippen LogP contribution in [-0.2, 0) is 5.54 Å². The molecule has 1 aromatic carbocycles. The lowest BCUT2D eigenvalue weighted by atomic mass is 10.0. The van der Waals surface area contributed by atoms with Gasteiger partial charge in [-0.25, -0.2) is 4.98 Å². The van der Waals surface area contributed by atoms with E-state index in [1.54, 1.807) is 23.6 Å². The third-order valence-corrected chi connectivity index (χ3v) is 4.29. The monoisotopic (exact) mass is 311 g/mol. The number of aromatic nitrogens is 1. The summed E-state index contributed by atoms with van der Waals surface area (Å²) in [6.45, 7) is 4.10. The van der Waals surface area contributed by atoms with E-state index in [-0.39, 0.29) is 10.5 Å². The first-order valence-electron chi connectivity index (χ1n) is 5.68. The first kappa shape index (κ1) is 14.2. The predicted octanol–water partition coefficient (Wildman–Crippen LogP) is 3.78. The van der Waals surface area contributed by atoms with Crippen molar-refractivity contribution in [1.29, 1.82) is 0 Å². The van der Waals surface area contributed by atoms with Gasteiger partial charge < -0.3 is 11.1 Å². The van der Waals surface area contributed by atoms with Crippen molar-refractivity contribution in [2.45, 2.75) is 19.4 Å². The molecule has 6 heteroatoms. The molecule has 0 spiro atoms. The summed E-state index contributed by atoms with van der Waals surface area (Å²) in [7, 11) is 0. The second kappa shape index (κ2) is 5.45. The van der Waals surface area contributed by atoms with Crippen molar-refractivity contribution in [1.82, 2.24) is 4.98 Å². The number of thiocarbonyl (C=S) groups is 1. The van der Waals surface area contributed by atoms with Gasteiger partial charge in [0.05, 0.1) is 16.1 Å².